The van der Waals surface area contributed by atoms with Crippen LogP contribution in [0.15, 0.2) is 53.5 Å². The predicted molar refractivity (Wildman–Crippen MR) is 133 cm³/mol. The van der Waals surface area contributed by atoms with Gasteiger partial charge in [-0.15, -0.1) is 24.0 Å². The molecule has 0 bridgehead atoms. The van der Waals surface area contributed by atoms with Gasteiger partial charge >= 0.3 is 0 Å². The molecule has 2 aromatic rings. The van der Waals surface area contributed by atoms with Crippen molar-refractivity contribution >= 4 is 35.6 Å². The Morgan fingerprint density at radius 3 is 2.59 bits per heavy atom. The highest BCUT2D eigenvalue weighted by Gasteiger charge is 2.23. The van der Waals surface area contributed by atoms with Gasteiger partial charge in [0.25, 0.3) is 5.69 Å². The van der Waals surface area contributed by atoms with E-state index < -0.39 is 4.92 Å². The van der Waals surface area contributed by atoms with Crippen molar-refractivity contribution in [1.29, 1.82) is 0 Å². The first-order valence-corrected chi connectivity index (χ1v) is 10.4. The fraction of sp³-hybridized carbons (Fsp3) is 0.409. The van der Waals surface area contributed by atoms with E-state index in [2.05, 4.69) is 20.5 Å². The van der Waals surface area contributed by atoms with Crippen molar-refractivity contribution in [3.05, 3.63) is 75.6 Å². The Morgan fingerprint density at radius 1 is 1.22 bits per heavy atom. The van der Waals surface area contributed by atoms with Crippen LogP contribution in [-0.4, -0.2) is 55.2 Å². The number of benzene rings is 2. The van der Waals surface area contributed by atoms with Crippen molar-refractivity contribution < 1.29 is 14.1 Å². The molecule has 0 spiro atoms. The van der Waals surface area contributed by atoms with Gasteiger partial charge in [0.2, 0.25) is 0 Å². The highest BCUT2D eigenvalue weighted by Crippen LogP contribution is 2.21. The van der Waals surface area contributed by atoms with E-state index in [1.165, 1.54) is 24.3 Å². The maximum atomic E-state index is 13.4. The molecule has 174 valence electrons. The molecule has 0 amide bonds. The maximum absolute atomic E-state index is 13.4. The number of guanidine groups is 1. The lowest BCUT2D eigenvalue weighted by Crippen LogP contribution is -2.46. The third kappa shape index (κ3) is 7.68. The van der Waals surface area contributed by atoms with Gasteiger partial charge < -0.3 is 15.4 Å². The second kappa shape index (κ2) is 13.3. The van der Waals surface area contributed by atoms with Crippen molar-refractivity contribution in [1.82, 2.24) is 15.5 Å². The number of non-ortho nitro benzene ring substituents is 1. The molecule has 32 heavy (non-hydrogen) atoms. The van der Waals surface area contributed by atoms with Crippen molar-refractivity contribution in [2.24, 2.45) is 4.99 Å². The highest BCUT2D eigenvalue weighted by molar-refractivity contribution is 14.0. The van der Waals surface area contributed by atoms with Gasteiger partial charge in [0, 0.05) is 38.3 Å². The number of nitrogens with one attached hydrogen (secondary N) is 2. The number of nitrogens with zero attached hydrogens (tertiary/aromatic N) is 3. The van der Waals surface area contributed by atoms with E-state index in [-0.39, 0.29) is 41.5 Å². The molecule has 1 heterocycles. The van der Waals surface area contributed by atoms with Crippen LogP contribution in [0.3, 0.4) is 0 Å². The van der Waals surface area contributed by atoms with Gasteiger partial charge in [-0.25, -0.2) is 9.38 Å². The standard InChI is InChI=1S/C22H28FN5O3.HI/c1-2-24-22(25-15-17-4-3-5-20(14-17)28(29)30)26-16-21(27-10-12-31-13-11-27)18-6-8-19(23)9-7-18;/h3-9,14,21H,2,10-13,15-16H2,1H3,(H2,24,25,26);1H. The van der Waals surface area contributed by atoms with Gasteiger partial charge in [-0.05, 0) is 30.2 Å². The van der Waals surface area contributed by atoms with Gasteiger partial charge in [-0.3, -0.25) is 15.0 Å². The molecule has 0 aliphatic carbocycles. The zero-order valence-corrected chi connectivity index (χ0v) is 20.3. The summed E-state index contributed by atoms with van der Waals surface area (Å²) in [7, 11) is 0. The molecule has 2 aromatic carbocycles. The first-order valence-electron chi connectivity index (χ1n) is 10.4. The summed E-state index contributed by atoms with van der Waals surface area (Å²) < 4.78 is 18.9. The molecule has 1 atom stereocenters. The second-order valence-corrected chi connectivity index (χ2v) is 7.22. The van der Waals surface area contributed by atoms with Gasteiger partial charge in [0.15, 0.2) is 5.96 Å². The van der Waals surface area contributed by atoms with E-state index in [0.29, 0.717) is 38.8 Å². The maximum Gasteiger partial charge on any atom is 0.269 e. The summed E-state index contributed by atoms with van der Waals surface area (Å²) in [5.41, 5.74) is 1.83. The van der Waals surface area contributed by atoms with E-state index in [0.717, 1.165) is 24.2 Å². The molecule has 1 unspecified atom stereocenters. The van der Waals surface area contributed by atoms with Crippen LogP contribution in [0.25, 0.3) is 0 Å². The van der Waals surface area contributed by atoms with Crippen molar-refractivity contribution in [2.75, 3.05) is 39.4 Å². The first-order chi connectivity index (χ1) is 15.1. The van der Waals surface area contributed by atoms with Crippen molar-refractivity contribution in [3.8, 4) is 0 Å². The summed E-state index contributed by atoms with van der Waals surface area (Å²) in [4.78, 5) is 17.5. The van der Waals surface area contributed by atoms with Crippen molar-refractivity contribution in [3.63, 3.8) is 0 Å². The molecule has 8 nitrogen and oxygen atoms in total. The molecule has 1 aliphatic rings. The molecule has 0 radical (unpaired) electrons. The SMILES string of the molecule is CCNC(=NCc1cccc([N+](=O)[O-])c1)NCC(c1ccc(F)cc1)N1CCOCC1.I. The summed E-state index contributed by atoms with van der Waals surface area (Å²) in [6, 6.07) is 13.1. The summed E-state index contributed by atoms with van der Waals surface area (Å²) >= 11 is 0. The van der Waals surface area contributed by atoms with E-state index in [9.17, 15) is 14.5 Å². The molecule has 1 saturated heterocycles. The number of aliphatic imine (C=N–C) groups is 1. The van der Waals surface area contributed by atoms with E-state index in [1.807, 2.05) is 25.1 Å². The van der Waals surface area contributed by atoms with E-state index in [1.54, 1.807) is 6.07 Å². The van der Waals surface area contributed by atoms with Gasteiger partial charge in [0.05, 0.1) is 30.7 Å². The number of rotatable bonds is 8. The summed E-state index contributed by atoms with van der Waals surface area (Å²) in [5, 5.41) is 17.6. The fourth-order valence-electron chi connectivity index (χ4n) is 3.51. The highest BCUT2D eigenvalue weighted by atomic mass is 127. The lowest BCUT2D eigenvalue weighted by Gasteiger charge is -2.35. The van der Waals surface area contributed by atoms with Crippen molar-refractivity contribution in [2.45, 2.75) is 19.5 Å². The normalized spacial score (nSPS) is 15.5. The van der Waals surface area contributed by atoms with Crippen LogP contribution in [0.5, 0.6) is 0 Å². The summed E-state index contributed by atoms with van der Waals surface area (Å²) in [6.07, 6.45) is 0. The minimum atomic E-state index is -0.410. The molecule has 0 saturated carbocycles. The average Bonchev–Trinajstić information content (AvgIpc) is 2.79. The second-order valence-electron chi connectivity index (χ2n) is 7.22. The van der Waals surface area contributed by atoms with Crippen LogP contribution in [0.1, 0.15) is 24.1 Å². The molecule has 1 aliphatic heterocycles. The molecule has 3 rings (SSSR count). The quantitative estimate of drug-likeness (QED) is 0.170. The predicted octanol–water partition coefficient (Wildman–Crippen LogP) is 3.48. The summed E-state index contributed by atoms with van der Waals surface area (Å²) in [6.45, 7) is 6.47. The van der Waals surface area contributed by atoms with Crippen LogP contribution < -0.4 is 10.6 Å². The largest absolute Gasteiger partial charge is 0.379 e. The zero-order chi connectivity index (χ0) is 22.1. The Hall–Kier alpha value is -2.31. The number of nitro benzene ring substituents is 1. The number of hydrogen-bond acceptors (Lipinski definition) is 5. The third-order valence-electron chi connectivity index (χ3n) is 5.09. The molecule has 2 N–H and O–H groups in total. The molecular formula is C22H29FIN5O3. The molecule has 0 aromatic heterocycles. The topological polar surface area (TPSA) is 92.0 Å². The average molecular weight is 557 g/mol. The third-order valence-corrected chi connectivity index (χ3v) is 5.09. The Bertz CT molecular complexity index is 891. The van der Waals surface area contributed by atoms with Crippen LogP contribution >= 0.6 is 24.0 Å². The van der Waals surface area contributed by atoms with Gasteiger partial charge in [-0.1, -0.05) is 24.3 Å². The Morgan fingerprint density at radius 2 is 1.94 bits per heavy atom. The number of halogens is 2. The van der Waals surface area contributed by atoms with Gasteiger partial charge in [-0.2, -0.15) is 0 Å². The fourth-order valence-corrected chi connectivity index (χ4v) is 3.51. The van der Waals surface area contributed by atoms with Crippen LogP contribution in [0.2, 0.25) is 0 Å². The minimum Gasteiger partial charge on any atom is -0.379 e. The minimum absolute atomic E-state index is 0. The lowest BCUT2D eigenvalue weighted by molar-refractivity contribution is -0.384. The number of morpholine rings is 1. The molecule has 10 heteroatoms. The van der Waals surface area contributed by atoms with Crippen LogP contribution in [0.4, 0.5) is 10.1 Å². The molecule has 1 fully saturated rings. The Labute approximate surface area is 204 Å². The number of hydrogen-bond donors (Lipinski definition) is 2. The molecular weight excluding hydrogens is 528 g/mol. The van der Waals surface area contributed by atoms with Crippen LogP contribution in [-0.2, 0) is 11.3 Å². The number of nitro groups is 1. The zero-order valence-electron chi connectivity index (χ0n) is 18.0. The smallest absolute Gasteiger partial charge is 0.269 e. The summed E-state index contributed by atoms with van der Waals surface area (Å²) in [5.74, 6) is 0.360. The Balaban J connectivity index is 0.00000363. The lowest BCUT2D eigenvalue weighted by atomic mass is 10.0. The first kappa shape index (κ1) is 25.9. The van der Waals surface area contributed by atoms with E-state index in [4.69, 9.17) is 4.74 Å². The van der Waals surface area contributed by atoms with E-state index >= 15 is 0 Å². The monoisotopic (exact) mass is 557 g/mol. The Kier molecular flexibility index (Phi) is 10.8. The van der Waals surface area contributed by atoms with Gasteiger partial charge in [0.1, 0.15) is 5.82 Å². The van der Waals surface area contributed by atoms with Crippen LogP contribution in [0, 0.1) is 15.9 Å². The number of ether oxygens (including phenoxy) is 1.